The van der Waals surface area contributed by atoms with Crippen LogP contribution in [0.2, 0.25) is 0 Å². The molecule has 1 aromatic rings. The van der Waals surface area contributed by atoms with Crippen LogP contribution < -0.4 is 4.72 Å². The predicted octanol–water partition coefficient (Wildman–Crippen LogP) is 0.546. The number of hydrogen-bond acceptors (Lipinski definition) is 6. The van der Waals surface area contributed by atoms with E-state index in [2.05, 4.69) is 14.6 Å². The van der Waals surface area contributed by atoms with Gasteiger partial charge in [-0.15, -0.1) is 0 Å². The minimum absolute atomic E-state index is 0.0102. The molecule has 1 unspecified atom stereocenters. The van der Waals surface area contributed by atoms with E-state index in [1.165, 1.54) is 21.0 Å². The van der Waals surface area contributed by atoms with Gasteiger partial charge in [-0.1, -0.05) is 27.7 Å². The van der Waals surface area contributed by atoms with Crippen LogP contribution in [0.4, 0.5) is 0 Å². The van der Waals surface area contributed by atoms with Gasteiger partial charge >= 0.3 is 5.97 Å². The Bertz CT molecular complexity index is 520. The number of nitrogens with one attached hydrogen (secondary N) is 1. The molecule has 7 nitrogen and oxygen atoms in total. The Morgan fingerprint density at radius 3 is 2.61 bits per heavy atom. The Kier molecular flexibility index (Phi) is 5.10. The number of ether oxygens (including phenoxy) is 1. The molecule has 0 aliphatic carbocycles. The molecule has 1 atom stereocenters. The minimum Gasteiger partial charge on any atom is -0.468 e. The highest BCUT2D eigenvalue weighted by Crippen LogP contribution is 2.18. The summed E-state index contributed by atoms with van der Waals surface area (Å²) < 4.78 is 35.0. The van der Waals surface area contributed by atoms with Gasteiger partial charge in [-0.05, 0) is 13.8 Å². The Labute approximate surface area is 118 Å². The second-order valence-corrected chi connectivity index (χ2v) is 6.70. The molecule has 0 saturated heterocycles. The van der Waals surface area contributed by atoms with Crippen molar-refractivity contribution in [2.24, 2.45) is 0 Å². The summed E-state index contributed by atoms with van der Waals surface area (Å²) in [6, 6.07) is 0. The molecule has 0 fully saturated rings. The average Bonchev–Trinajstić information content (AvgIpc) is 2.65. The number of aryl methyl sites for hydroxylation is 2. The van der Waals surface area contributed by atoms with Crippen molar-refractivity contribution in [3.05, 3.63) is 11.5 Å². The number of aromatic nitrogens is 1. The van der Waals surface area contributed by atoms with Crippen LogP contribution in [0, 0.1) is 13.8 Å². The third kappa shape index (κ3) is 3.42. The van der Waals surface area contributed by atoms with Crippen LogP contribution in [0.15, 0.2) is 9.42 Å². The summed E-state index contributed by atoms with van der Waals surface area (Å²) in [5.41, 5.74) is 0.281. The summed E-state index contributed by atoms with van der Waals surface area (Å²) >= 11 is 1.80. The number of carbonyl (C=O) groups is 1. The van der Waals surface area contributed by atoms with Gasteiger partial charge < -0.3 is 9.26 Å². The third-order valence-electron chi connectivity index (χ3n) is 2.15. The first-order valence-corrected chi connectivity index (χ1v) is 7.67. The maximum absolute atomic E-state index is 12.0. The normalized spacial score (nSPS) is 13.3. The highest BCUT2D eigenvalue weighted by atomic mass is 127. The zero-order valence-corrected chi connectivity index (χ0v) is 13.0. The van der Waals surface area contributed by atoms with E-state index >= 15 is 0 Å². The molecule has 9 heteroatoms. The van der Waals surface area contributed by atoms with E-state index in [1.54, 1.807) is 22.6 Å². The van der Waals surface area contributed by atoms with Crippen LogP contribution >= 0.6 is 22.6 Å². The zero-order chi connectivity index (χ0) is 13.9. The number of rotatable bonds is 5. The molecule has 1 N–H and O–H groups in total. The Morgan fingerprint density at radius 2 is 2.17 bits per heavy atom. The molecule has 0 radical (unpaired) electrons. The molecule has 0 aliphatic heterocycles. The van der Waals surface area contributed by atoms with Crippen LogP contribution in [0.1, 0.15) is 11.5 Å². The van der Waals surface area contributed by atoms with Crippen molar-refractivity contribution >= 4 is 38.6 Å². The predicted molar refractivity (Wildman–Crippen MR) is 71.0 cm³/mol. The number of carbonyl (C=O) groups excluding carboxylic acids is 1. The first-order chi connectivity index (χ1) is 8.29. The standard InChI is InChI=1S/C9H13IN2O5S/c1-5-8(6(2)17-12-5)18(14,15)11-4-7(10)9(13)16-3/h7,11H,4H2,1-3H3. The van der Waals surface area contributed by atoms with Crippen molar-refractivity contribution in [2.45, 2.75) is 22.7 Å². The van der Waals surface area contributed by atoms with Crippen molar-refractivity contribution in [2.75, 3.05) is 13.7 Å². The van der Waals surface area contributed by atoms with Gasteiger partial charge in [-0.2, -0.15) is 0 Å². The second-order valence-electron chi connectivity index (χ2n) is 3.50. The lowest BCUT2D eigenvalue weighted by atomic mass is 10.4. The number of nitrogens with zero attached hydrogens (tertiary/aromatic N) is 1. The molecule has 0 saturated carbocycles. The van der Waals surface area contributed by atoms with Gasteiger partial charge in [0.2, 0.25) is 10.0 Å². The summed E-state index contributed by atoms with van der Waals surface area (Å²) in [6.07, 6.45) is 0. The SMILES string of the molecule is COC(=O)C(I)CNS(=O)(=O)c1c(C)noc1C. The van der Waals surface area contributed by atoms with E-state index in [0.29, 0.717) is 0 Å². The molecular formula is C9H13IN2O5S. The van der Waals surface area contributed by atoms with Crippen molar-refractivity contribution in [3.63, 3.8) is 0 Å². The maximum atomic E-state index is 12.0. The Balaban J connectivity index is 2.81. The van der Waals surface area contributed by atoms with Gasteiger partial charge in [0.25, 0.3) is 0 Å². The fourth-order valence-electron chi connectivity index (χ4n) is 1.32. The van der Waals surface area contributed by atoms with Gasteiger partial charge in [0.15, 0.2) is 5.76 Å². The van der Waals surface area contributed by atoms with Gasteiger partial charge in [-0.25, -0.2) is 13.1 Å². The van der Waals surface area contributed by atoms with E-state index < -0.39 is 19.9 Å². The van der Waals surface area contributed by atoms with E-state index in [4.69, 9.17) is 4.52 Å². The molecule has 1 heterocycles. The Morgan fingerprint density at radius 1 is 1.56 bits per heavy atom. The summed E-state index contributed by atoms with van der Waals surface area (Å²) in [5.74, 6) is -0.278. The zero-order valence-electron chi connectivity index (χ0n) is 10.1. The van der Waals surface area contributed by atoms with Crippen LogP contribution in [0.25, 0.3) is 0 Å². The summed E-state index contributed by atoms with van der Waals surface area (Å²) in [4.78, 5) is 11.2. The average molecular weight is 388 g/mol. The monoisotopic (exact) mass is 388 g/mol. The summed E-state index contributed by atoms with van der Waals surface area (Å²) in [5, 5.41) is 3.57. The number of halogens is 1. The number of sulfonamides is 1. The lowest BCUT2D eigenvalue weighted by Gasteiger charge is -2.09. The number of esters is 1. The van der Waals surface area contributed by atoms with Crippen LogP contribution in [0.5, 0.6) is 0 Å². The highest BCUT2D eigenvalue weighted by molar-refractivity contribution is 14.1. The fraction of sp³-hybridized carbons (Fsp3) is 0.556. The second kappa shape index (κ2) is 5.97. The molecule has 0 aromatic carbocycles. The van der Waals surface area contributed by atoms with Crippen molar-refractivity contribution in [1.29, 1.82) is 0 Å². The van der Waals surface area contributed by atoms with Crippen molar-refractivity contribution in [3.8, 4) is 0 Å². The molecule has 0 bridgehead atoms. The Hall–Kier alpha value is -0.680. The van der Waals surface area contributed by atoms with Gasteiger partial charge in [-0.3, -0.25) is 4.79 Å². The third-order valence-corrected chi connectivity index (χ3v) is 4.76. The van der Waals surface area contributed by atoms with Gasteiger partial charge in [0, 0.05) is 6.54 Å². The first-order valence-electron chi connectivity index (χ1n) is 4.94. The lowest BCUT2D eigenvalue weighted by molar-refractivity contribution is -0.139. The molecule has 0 aliphatic rings. The molecule has 102 valence electrons. The molecule has 0 spiro atoms. The maximum Gasteiger partial charge on any atom is 0.319 e. The fourth-order valence-corrected chi connectivity index (χ4v) is 3.47. The van der Waals surface area contributed by atoms with Gasteiger partial charge in [0.05, 0.1) is 7.11 Å². The van der Waals surface area contributed by atoms with E-state index in [9.17, 15) is 13.2 Å². The summed E-state index contributed by atoms with van der Waals surface area (Å²) in [6.45, 7) is 2.99. The quantitative estimate of drug-likeness (QED) is 0.449. The molecule has 1 aromatic heterocycles. The molecule has 1 rings (SSSR count). The van der Waals surface area contributed by atoms with Crippen molar-refractivity contribution in [1.82, 2.24) is 9.88 Å². The smallest absolute Gasteiger partial charge is 0.319 e. The van der Waals surface area contributed by atoms with Crippen LogP contribution in [-0.4, -0.2) is 37.1 Å². The molecular weight excluding hydrogens is 375 g/mol. The number of methoxy groups -OCH3 is 1. The summed E-state index contributed by atoms with van der Waals surface area (Å²) in [7, 11) is -2.49. The van der Waals surface area contributed by atoms with E-state index in [-0.39, 0.29) is 22.9 Å². The topological polar surface area (TPSA) is 98.5 Å². The highest BCUT2D eigenvalue weighted by Gasteiger charge is 2.26. The van der Waals surface area contributed by atoms with Crippen LogP contribution in [-0.2, 0) is 19.6 Å². The minimum atomic E-state index is -3.73. The van der Waals surface area contributed by atoms with Crippen molar-refractivity contribution < 1.29 is 22.5 Å². The van der Waals surface area contributed by atoms with E-state index in [1.807, 2.05) is 0 Å². The molecule has 18 heavy (non-hydrogen) atoms. The van der Waals surface area contributed by atoms with Gasteiger partial charge in [0.1, 0.15) is 14.5 Å². The van der Waals surface area contributed by atoms with Crippen LogP contribution in [0.3, 0.4) is 0 Å². The lowest BCUT2D eigenvalue weighted by Crippen LogP contribution is -2.34. The number of alkyl halides is 1. The molecule has 0 amide bonds. The largest absolute Gasteiger partial charge is 0.468 e. The number of hydrogen-bond donors (Lipinski definition) is 1. The first kappa shape index (κ1) is 15.4. The van der Waals surface area contributed by atoms with E-state index in [0.717, 1.165) is 0 Å².